The van der Waals surface area contributed by atoms with Crippen LogP contribution in [0.2, 0.25) is 0 Å². The maximum absolute atomic E-state index is 5.58. The third-order valence-corrected chi connectivity index (χ3v) is 3.09. The number of rotatable bonds is 5. The highest BCUT2D eigenvalue weighted by Gasteiger charge is 2.14. The molecule has 19 heavy (non-hydrogen) atoms. The lowest BCUT2D eigenvalue weighted by atomic mass is 10.1. The summed E-state index contributed by atoms with van der Waals surface area (Å²) in [4.78, 5) is 0. The smallest absolute Gasteiger partial charge is 0.222 e. The van der Waals surface area contributed by atoms with E-state index in [9.17, 15) is 0 Å². The molecule has 0 atom stereocenters. The highest BCUT2D eigenvalue weighted by atomic mass is 79.9. The average Bonchev–Trinajstić information content (AvgIpc) is 2.79. The lowest BCUT2D eigenvalue weighted by Crippen LogP contribution is -1.99. The molecule has 2 aromatic rings. The minimum Gasteiger partial charge on any atom is -0.490 e. The van der Waals surface area contributed by atoms with Crippen LogP contribution >= 0.6 is 15.9 Å². The van der Waals surface area contributed by atoms with Gasteiger partial charge in [-0.25, -0.2) is 0 Å². The van der Waals surface area contributed by atoms with Crippen molar-refractivity contribution in [3.63, 3.8) is 0 Å². The van der Waals surface area contributed by atoms with E-state index in [2.05, 4.69) is 21.1 Å². The SMILES string of the molecule is CCOc1cc(Br)c(-c2cc(N)on2)cc1OCC. The molecule has 0 spiro atoms. The van der Waals surface area contributed by atoms with Crippen molar-refractivity contribution < 1.29 is 14.0 Å². The summed E-state index contributed by atoms with van der Waals surface area (Å²) in [5.41, 5.74) is 7.03. The molecule has 0 aliphatic heterocycles. The summed E-state index contributed by atoms with van der Waals surface area (Å²) in [6.07, 6.45) is 0. The van der Waals surface area contributed by atoms with Crippen molar-refractivity contribution in [1.82, 2.24) is 5.16 Å². The molecule has 2 N–H and O–H groups in total. The fourth-order valence-electron chi connectivity index (χ4n) is 1.68. The largest absolute Gasteiger partial charge is 0.490 e. The number of benzene rings is 1. The normalized spacial score (nSPS) is 10.5. The average molecular weight is 327 g/mol. The number of nitrogen functional groups attached to an aromatic ring is 1. The van der Waals surface area contributed by atoms with Gasteiger partial charge in [-0.05, 0) is 41.9 Å². The molecule has 0 saturated carbocycles. The summed E-state index contributed by atoms with van der Waals surface area (Å²) in [5.74, 6) is 1.63. The first-order valence-electron chi connectivity index (χ1n) is 5.97. The Morgan fingerprint density at radius 2 is 1.79 bits per heavy atom. The highest BCUT2D eigenvalue weighted by Crippen LogP contribution is 2.38. The molecule has 0 amide bonds. The van der Waals surface area contributed by atoms with E-state index in [4.69, 9.17) is 19.7 Å². The van der Waals surface area contributed by atoms with Crippen molar-refractivity contribution in [2.45, 2.75) is 13.8 Å². The maximum atomic E-state index is 5.58. The highest BCUT2D eigenvalue weighted by molar-refractivity contribution is 9.10. The van der Waals surface area contributed by atoms with Crippen molar-refractivity contribution in [2.24, 2.45) is 0 Å². The number of aromatic nitrogens is 1. The van der Waals surface area contributed by atoms with Crippen molar-refractivity contribution in [3.8, 4) is 22.8 Å². The first-order valence-corrected chi connectivity index (χ1v) is 6.76. The molecular weight excluding hydrogens is 312 g/mol. The standard InChI is InChI=1S/C13H15BrN2O3/c1-3-17-11-5-8(10-7-13(15)19-16-10)9(14)6-12(11)18-4-2/h5-7H,3-4,15H2,1-2H3. The van der Waals surface area contributed by atoms with Crippen LogP contribution in [0.4, 0.5) is 5.88 Å². The fraction of sp³-hybridized carbons (Fsp3) is 0.308. The molecule has 1 aromatic carbocycles. The Balaban J connectivity index is 2.47. The molecule has 0 radical (unpaired) electrons. The van der Waals surface area contributed by atoms with Crippen LogP contribution in [0.1, 0.15) is 13.8 Å². The Morgan fingerprint density at radius 1 is 1.16 bits per heavy atom. The maximum Gasteiger partial charge on any atom is 0.222 e. The zero-order chi connectivity index (χ0) is 13.8. The Hall–Kier alpha value is -1.69. The molecule has 1 aromatic heterocycles. The molecule has 0 aliphatic rings. The molecular formula is C13H15BrN2O3. The number of hydrogen-bond acceptors (Lipinski definition) is 5. The lowest BCUT2D eigenvalue weighted by Gasteiger charge is -2.13. The summed E-state index contributed by atoms with van der Waals surface area (Å²) >= 11 is 3.49. The molecule has 6 heteroatoms. The Kier molecular flexibility index (Phi) is 4.31. The van der Waals surface area contributed by atoms with Gasteiger partial charge in [-0.3, -0.25) is 0 Å². The predicted molar refractivity (Wildman–Crippen MR) is 76.4 cm³/mol. The van der Waals surface area contributed by atoms with E-state index in [1.54, 1.807) is 6.07 Å². The number of hydrogen-bond donors (Lipinski definition) is 1. The molecule has 0 unspecified atom stereocenters. The molecule has 0 saturated heterocycles. The van der Waals surface area contributed by atoms with Gasteiger partial charge in [-0.2, -0.15) is 0 Å². The second-order valence-electron chi connectivity index (χ2n) is 3.76. The fourth-order valence-corrected chi connectivity index (χ4v) is 2.21. The summed E-state index contributed by atoms with van der Waals surface area (Å²) in [6, 6.07) is 5.38. The van der Waals surface area contributed by atoms with Crippen molar-refractivity contribution in [3.05, 3.63) is 22.7 Å². The Bertz CT molecular complexity index is 569. The van der Waals surface area contributed by atoms with Gasteiger partial charge in [-0.1, -0.05) is 5.16 Å². The molecule has 2 rings (SSSR count). The van der Waals surface area contributed by atoms with Crippen LogP contribution in [0.25, 0.3) is 11.3 Å². The van der Waals surface area contributed by atoms with E-state index in [0.717, 1.165) is 10.0 Å². The van der Waals surface area contributed by atoms with Gasteiger partial charge in [0.25, 0.3) is 0 Å². The first-order chi connectivity index (χ1) is 9.15. The summed E-state index contributed by atoms with van der Waals surface area (Å²) in [7, 11) is 0. The van der Waals surface area contributed by atoms with E-state index in [1.807, 2.05) is 26.0 Å². The van der Waals surface area contributed by atoms with Crippen LogP contribution in [0, 0.1) is 0 Å². The molecule has 0 aliphatic carbocycles. The summed E-state index contributed by atoms with van der Waals surface area (Å²) < 4.78 is 16.8. The van der Waals surface area contributed by atoms with Crippen molar-refractivity contribution in [1.29, 1.82) is 0 Å². The van der Waals surface area contributed by atoms with Crippen LogP contribution in [-0.2, 0) is 0 Å². The van der Waals surface area contributed by atoms with Gasteiger partial charge in [0, 0.05) is 16.1 Å². The van der Waals surface area contributed by atoms with Gasteiger partial charge in [0.05, 0.1) is 13.2 Å². The topological polar surface area (TPSA) is 70.5 Å². The third-order valence-electron chi connectivity index (χ3n) is 2.44. The van der Waals surface area contributed by atoms with Crippen LogP contribution in [0.15, 0.2) is 27.2 Å². The van der Waals surface area contributed by atoms with Crippen LogP contribution in [0.3, 0.4) is 0 Å². The molecule has 5 nitrogen and oxygen atoms in total. The van der Waals surface area contributed by atoms with Gasteiger partial charge in [0.15, 0.2) is 11.5 Å². The molecule has 0 fully saturated rings. The Labute approximate surface area is 119 Å². The van der Waals surface area contributed by atoms with Crippen molar-refractivity contribution >= 4 is 21.8 Å². The molecule has 102 valence electrons. The van der Waals surface area contributed by atoms with Crippen molar-refractivity contribution in [2.75, 3.05) is 18.9 Å². The third kappa shape index (κ3) is 3.01. The van der Waals surface area contributed by atoms with Crippen LogP contribution in [-0.4, -0.2) is 18.4 Å². The lowest BCUT2D eigenvalue weighted by molar-refractivity contribution is 0.287. The number of ether oxygens (including phenoxy) is 2. The molecule has 0 bridgehead atoms. The van der Waals surface area contributed by atoms with E-state index in [-0.39, 0.29) is 5.88 Å². The number of nitrogens with two attached hydrogens (primary N) is 1. The Morgan fingerprint density at radius 3 is 2.32 bits per heavy atom. The summed E-state index contributed by atoms with van der Waals surface area (Å²) in [6.45, 7) is 4.98. The zero-order valence-corrected chi connectivity index (χ0v) is 12.4. The number of anilines is 1. The van der Waals surface area contributed by atoms with E-state index < -0.39 is 0 Å². The van der Waals surface area contributed by atoms with Gasteiger partial charge in [0.1, 0.15) is 5.69 Å². The van der Waals surface area contributed by atoms with Crippen LogP contribution < -0.4 is 15.2 Å². The second-order valence-corrected chi connectivity index (χ2v) is 4.61. The minimum atomic E-state index is 0.272. The predicted octanol–water partition coefficient (Wildman–Crippen LogP) is 3.48. The quantitative estimate of drug-likeness (QED) is 0.910. The monoisotopic (exact) mass is 326 g/mol. The van der Waals surface area contributed by atoms with Gasteiger partial charge in [-0.15, -0.1) is 0 Å². The number of nitrogens with zero attached hydrogens (tertiary/aromatic N) is 1. The summed E-state index contributed by atoms with van der Waals surface area (Å²) in [5, 5.41) is 3.90. The van der Waals surface area contributed by atoms with Crippen LogP contribution in [0.5, 0.6) is 11.5 Å². The number of halogens is 1. The zero-order valence-electron chi connectivity index (χ0n) is 10.8. The second kappa shape index (κ2) is 5.97. The minimum absolute atomic E-state index is 0.272. The van der Waals surface area contributed by atoms with E-state index >= 15 is 0 Å². The van der Waals surface area contributed by atoms with Gasteiger partial charge in [0.2, 0.25) is 5.88 Å². The van der Waals surface area contributed by atoms with Gasteiger partial charge >= 0.3 is 0 Å². The van der Waals surface area contributed by atoms with E-state index in [1.165, 1.54) is 0 Å². The van der Waals surface area contributed by atoms with Gasteiger partial charge < -0.3 is 19.7 Å². The van der Waals surface area contributed by atoms with E-state index in [0.29, 0.717) is 30.4 Å². The first kappa shape index (κ1) is 13.7. The molecule has 1 heterocycles.